The Morgan fingerprint density at radius 2 is 1.64 bits per heavy atom. The van der Waals surface area contributed by atoms with Crippen LogP contribution in [0.2, 0.25) is 0 Å². The van der Waals surface area contributed by atoms with E-state index in [1.807, 2.05) is 19.9 Å². The topological polar surface area (TPSA) is 120 Å². The van der Waals surface area contributed by atoms with Crippen molar-refractivity contribution in [1.82, 2.24) is 5.32 Å². The minimum absolute atomic E-state index is 0.0280. The number of aryl methyl sites for hydroxylation is 2. The van der Waals surface area contributed by atoms with Gasteiger partial charge in [0.1, 0.15) is 0 Å². The molecule has 0 aromatic heterocycles. The molecule has 28 heavy (non-hydrogen) atoms. The third-order valence-corrected chi connectivity index (χ3v) is 3.89. The molecule has 0 saturated carbocycles. The normalized spacial score (nSPS) is 10.1. The Balaban J connectivity index is 2.01. The molecule has 0 saturated heterocycles. The molecule has 0 aliphatic rings. The van der Waals surface area contributed by atoms with Crippen LogP contribution in [0.25, 0.3) is 0 Å². The highest BCUT2D eigenvalue weighted by Gasteiger charge is 2.08. The molecule has 4 amide bonds. The van der Waals surface area contributed by atoms with Gasteiger partial charge in [0.15, 0.2) is 0 Å². The van der Waals surface area contributed by atoms with Gasteiger partial charge < -0.3 is 26.4 Å². The minimum Gasteiger partial charge on any atom is -0.481 e. The zero-order valence-electron chi connectivity index (χ0n) is 15.8. The smallest absolute Gasteiger partial charge is 0.323 e. The van der Waals surface area contributed by atoms with Gasteiger partial charge in [0.05, 0.1) is 0 Å². The number of hydrogen-bond donors (Lipinski definition) is 5. The van der Waals surface area contributed by atoms with Crippen molar-refractivity contribution >= 4 is 35.1 Å². The van der Waals surface area contributed by atoms with Crippen LogP contribution in [0.15, 0.2) is 42.5 Å². The standard InChI is InChI=1S/C20H24N4O4/c1-3-21-19(27)22-16-9-7-13(2)17(12-16)24-20(28)23-15-6-4-5-14(11-15)8-10-18(25)26/h4-7,9,11-12H,3,8,10H2,1-2H3,(H,25,26)(H2,21,22,27)(H2,23,24,28). The summed E-state index contributed by atoms with van der Waals surface area (Å²) in [4.78, 5) is 34.7. The maximum absolute atomic E-state index is 12.3. The molecular weight excluding hydrogens is 360 g/mol. The highest BCUT2D eigenvalue weighted by molar-refractivity contribution is 6.01. The molecule has 2 rings (SSSR count). The van der Waals surface area contributed by atoms with Crippen LogP contribution in [0.3, 0.4) is 0 Å². The number of urea groups is 2. The van der Waals surface area contributed by atoms with E-state index in [1.165, 1.54) is 0 Å². The second kappa shape index (κ2) is 9.96. The summed E-state index contributed by atoms with van der Waals surface area (Å²) in [5.41, 5.74) is 3.35. The summed E-state index contributed by atoms with van der Waals surface area (Å²) in [6.45, 7) is 4.18. The van der Waals surface area contributed by atoms with Crippen LogP contribution in [-0.4, -0.2) is 29.7 Å². The number of anilines is 3. The predicted octanol–water partition coefficient (Wildman–Crippen LogP) is 3.80. The molecule has 0 fully saturated rings. The molecule has 2 aromatic carbocycles. The molecular formula is C20H24N4O4. The number of rotatable bonds is 7. The van der Waals surface area contributed by atoms with Crippen LogP contribution in [0.5, 0.6) is 0 Å². The number of hydrogen-bond acceptors (Lipinski definition) is 3. The number of benzene rings is 2. The fraction of sp³-hybridized carbons (Fsp3) is 0.250. The average Bonchev–Trinajstić information content (AvgIpc) is 2.63. The van der Waals surface area contributed by atoms with Crippen LogP contribution in [0, 0.1) is 6.92 Å². The summed E-state index contributed by atoms with van der Waals surface area (Å²) < 4.78 is 0. The second-order valence-electron chi connectivity index (χ2n) is 6.19. The first-order valence-corrected chi connectivity index (χ1v) is 8.91. The number of carboxylic acid groups (broad SMARTS) is 1. The van der Waals surface area contributed by atoms with E-state index in [4.69, 9.17) is 5.11 Å². The van der Waals surface area contributed by atoms with Gasteiger partial charge in [-0.05, 0) is 55.7 Å². The first-order valence-electron chi connectivity index (χ1n) is 8.91. The highest BCUT2D eigenvalue weighted by atomic mass is 16.4. The lowest BCUT2D eigenvalue weighted by atomic mass is 10.1. The summed E-state index contributed by atoms with van der Waals surface area (Å²) in [6, 6.07) is 11.5. The minimum atomic E-state index is -0.868. The molecule has 2 aromatic rings. The monoisotopic (exact) mass is 384 g/mol. The van der Waals surface area contributed by atoms with Crippen LogP contribution in [0.4, 0.5) is 26.7 Å². The van der Waals surface area contributed by atoms with E-state index in [0.717, 1.165) is 11.1 Å². The highest BCUT2D eigenvalue weighted by Crippen LogP contribution is 2.21. The predicted molar refractivity (Wildman–Crippen MR) is 109 cm³/mol. The first kappa shape index (κ1) is 20.8. The van der Waals surface area contributed by atoms with Gasteiger partial charge >= 0.3 is 18.0 Å². The van der Waals surface area contributed by atoms with E-state index in [0.29, 0.717) is 30.0 Å². The number of amides is 4. The lowest BCUT2D eigenvalue weighted by Crippen LogP contribution is -2.28. The quantitative estimate of drug-likeness (QED) is 0.499. The maximum Gasteiger partial charge on any atom is 0.323 e. The van der Waals surface area contributed by atoms with E-state index in [9.17, 15) is 14.4 Å². The Hall–Kier alpha value is -3.55. The molecule has 0 bridgehead atoms. The summed E-state index contributed by atoms with van der Waals surface area (Å²) in [5, 5.41) is 19.6. The number of carbonyl (C=O) groups is 3. The van der Waals surface area contributed by atoms with Gasteiger partial charge in [-0.3, -0.25) is 4.79 Å². The second-order valence-corrected chi connectivity index (χ2v) is 6.19. The third-order valence-electron chi connectivity index (χ3n) is 3.89. The molecule has 0 atom stereocenters. The van der Waals surface area contributed by atoms with Gasteiger partial charge in [0, 0.05) is 30.0 Å². The Bertz CT molecular complexity index is 867. The molecule has 8 nitrogen and oxygen atoms in total. The van der Waals surface area contributed by atoms with E-state index in [2.05, 4.69) is 21.3 Å². The molecule has 5 N–H and O–H groups in total. The van der Waals surface area contributed by atoms with Gasteiger partial charge in [0.2, 0.25) is 0 Å². The number of nitrogens with one attached hydrogen (secondary N) is 4. The van der Waals surface area contributed by atoms with E-state index < -0.39 is 12.0 Å². The number of carboxylic acids is 1. The summed E-state index contributed by atoms with van der Waals surface area (Å²) in [7, 11) is 0. The van der Waals surface area contributed by atoms with Gasteiger partial charge in [-0.1, -0.05) is 18.2 Å². The Kier molecular flexibility index (Phi) is 7.38. The van der Waals surface area contributed by atoms with Crippen molar-refractivity contribution in [2.45, 2.75) is 26.7 Å². The molecule has 0 heterocycles. The molecule has 0 aliphatic heterocycles. The van der Waals surface area contributed by atoms with Crippen molar-refractivity contribution in [3.05, 3.63) is 53.6 Å². The van der Waals surface area contributed by atoms with Gasteiger partial charge in [-0.25, -0.2) is 9.59 Å². The van der Waals surface area contributed by atoms with E-state index in [-0.39, 0.29) is 12.5 Å². The third kappa shape index (κ3) is 6.64. The fourth-order valence-electron chi connectivity index (χ4n) is 2.51. The zero-order valence-corrected chi connectivity index (χ0v) is 15.8. The Morgan fingerprint density at radius 3 is 2.36 bits per heavy atom. The van der Waals surface area contributed by atoms with Gasteiger partial charge in [0.25, 0.3) is 0 Å². The fourth-order valence-corrected chi connectivity index (χ4v) is 2.51. The van der Waals surface area contributed by atoms with Crippen molar-refractivity contribution < 1.29 is 19.5 Å². The van der Waals surface area contributed by atoms with Crippen LogP contribution in [-0.2, 0) is 11.2 Å². The summed E-state index contributed by atoms with van der Waals surface area (Å²) in [6.07, 6.45) is 0.416. The van der Waals surface area contributed by atoms with Crippen molar-refractivity contribution in [3.8, 4) is 0 Å². The molecule has 148 valence electrons. The number of carbonyl (C=O) groups excluding carboxylic acids is 2. The summed E-state index contributed by atoms with van der Waals surface area (Å²) in [5.74, 6) is -0.868. The average molecular weight is 384 g/mol. The van der Waals surface area contributed by atoms with Crippen LogP contribution < -0.4 is 21.3 Å². The van der Waals surface area contributed by atoms with Crippen molar-refractivity contribution in [3.63, 3.8) is 0 Å². The van der Waals surface area contributed by atoms with E-state index in [1.54, 1.807) is 36.4 Å². The van der Waals surface area contributed by atoms with E-state index >= 15 is 0 Å². The Labute approximate surface area is 163 Å². The van der Waals surface area contributed by atoms with Crippen LogP contribution >= 0.6 is 0 Å². The van der Waals surface area contributed by atoms with Crippen molar-refractivity contribution in [1.29, 1.82) is 0 Å². The Morgan fingerprint density at radius 1 is 0.929 bits per heavy atom. The summed E-state index contributed by atoms with van der Waals surface area (Å²) >= 11 is 0. The SMILES string of the molecule is CCNC(=O)Nc1ccc(C)c(NC(=O)Nc2cccc(CCC(=O)O)c2)c1. The van der Waals surface area contributed by atoms with Gasteiger partial charge in [-0.15, -0.1) is 0 Å². The maximum atomic E-state index is 12.3. The molecule has 0 radical (unpaired) electrons. The molecule has 8 heteroatoms. The van der Waals surface area contributed by atoms with Crippen molar-refractivity contribution in [2.24, 2.45) is 0 Å². The van der Waals surface area contributed by atoms with Crippen molar-refractivity contribution in [2.75, 3.05) is 22.5 Å². The molecule has 0 aliphatic carbocycles. The molecule has 0 spiro atoms. The van der Waals surface area contributed by atoms with Gasteiger partial charge in [-0.2, -0.15) is 0 Å². The largest absolute Gasteiger partial charge is 0.481 e. The number of aliphatic carboxylic acids is 1. The lowest BCUT2D eigenvalue weighted by molar-refractivity contribution is -0.136. The molecule has 0 unspecified atom stereocenters. The van der Waals surface area contributed by atoms with Crippen LogP contribution in [0.1, 0.15) is 24.5 Å². The zero-order chi connectivity index (χ0) is 20.5. The first-order chi connectivity index (χ1) is 13.4. The lowest BCUT2D eigenvalue weighted by Gasteiger charge is -2.13.